The number of carbonyl (C=O) groups is 1. The fraction of sp³-hybridized carbons (Fsp3) is 0.286. The number of amides is 1. The second-order valence-corrected chi connectivity index (χ2v) is 7.40. The molecule has 1 saturated heterocycles. The van der Waals surface area contributed by atoms with Gasteiger partial charge in [-0.25, -0.2) is 0 Å². The number of rotatable bonds is 4. The first-order valence-electron chi connectivity index (χ1n) is 9.54. The molecule has 3 aromatic rings. The van der Waals surface area contributed by atoms with Crippen LogP contribution in [0, 0.1) is 0 Å². The van der Waals surface area contributed by atoms with Crippen LogP contribution in [0.2, 0.25) is 0 Å². The first-order chi connectivity index (χ1) is 14.9. The van der Waals surface area contributed by atoms with Crippen molar-refractivity contribution >= 4 is 5.91 Å². The molecule has 0 spiro atoms. The zero-order chi connectivity index (χ0) is 21.6. The lowest BCUT2D eigenvalue weighted by Crippen LogP contribution is -2.24. The van der Waals surface area contributed by atoms with E-state index >= 15 is 0 Å². The molecule has 10 heteroatoms. The fourth-order valence-electron chi connectivity index (χ4n) is 3.71. The zero-order valence-corrected chi connectivity index (χ0v) is 16.1. The van der Waals surface area contributed by atoms with E-state index in [1.54, 1.807) is 24.3 Å². The van der Waals surface area contributed by atoms with Gasteiger partial charge in [0.25, 0.3) is 5.89 Å². The van der Waals surface area contributed by atoms with Crippen molar-refractivity contribution in [3.8, 4) is 23.0 Å². The topological polar surface area (TPSA) is 77.7 Å². The molecule has 0 N–H and O–H groups in total. The van der Waals surface area contributed by atoms with Crippen LogP contribution in [0.3, 0.4) is 0 Å². The van der Waals surface area contributed by atoms with Crippen LogP contribution in [-0.4, -0.2) is 34.3 Å². The van der Waals surface area contributed by atoms with Crippen molar-refractivity contribution in [1.29, 1.82) is 0 Å². The number of aromatic nitrogens is 2. The van der Waals surface area contributed by atoms with Crippen LogP contribution >= 0.6 is 0 Å². The molecule has 0 aliphatic carbocycles. The van der Waals surface area contributed by atoms with Crippen LogP contribution in [-0.2, 0) is 17.5 Å². The Morgan fingerprint density at radius 2 is 1.94 bits per heavy atom. The van der Waals surface area contributed by atoms with E-state index < -0.39 is 11.7 Å². The summed E-state index contributed by atoms with van der Waals surface area (Å²) in [4.78, 5) is 18.4. The van der Waals surface area contributed by atoms with Crippen molar-refractivity contribution in [2.75, 3.05) is 13.3 Å². The Labute approximate surface area is 174 Å². The third-order valence-electron chi connectivity index (χ3n) is 5.27. The molecule has 3 heterocycles. The van der Waals surface area contributed by atoms with Gasteiger partial charge in [0.1, 0.15) is 0 Å². The molecule has 0 radical (unpaired) electrons. The Bertz CT molecular complexity index is 1140. The van der Waals surface area contributed by atoms with Crippen molar-refractivity contribution in [2.45, 2.75) is 25.1 Å². The van der Waals surface area contributed by atoms with E-state index in [0.29, 0.717) is 35.0 Å². The summed E-state index contributed by atoms with van der Waals surface area (Å²) in [6.45, 7) is 0.543. The highest BCUT2D eigenvalue weighted by Gasteiger charge is 2.35. The number of hydrogen-bond acceptors (Lipinski definition) is 6. The maximum Gasteiger partial charge on any atom is 0.416 e. The predicted octanol–water partition coefficient (Wildman–Crippen LogP) is 4.00. The Kier molecular flexibility index (Phi) is 4.57. The minimum atomic E-state index is -4.43. The third kappa shape index (κ3) is 3.80. The summed E-state index contributed by atoms with van der Waals surface area (Å²) >= 11 is 0. The molecular formula is C21H16F3N3O4. The Morgan fingerprint density at radius 1 is 1.10 bits per heavy atom. The van der Waals surface area contributed by atoms with Gasteiger partial charge in [-0.15, -0.1) is 0 Å². The SMILES string of the molecule is O=C1CC(c2noc(-c3ccc4c(c3)OCO4)n2)CN1Cc1cccc(C(F)(F)F)c1. The van der Waals surface area contributed by atoms with Crippen molar-refractivity contribution in [1.82, 2.24) is 15.0 Å². The smallest absolute Gasteiger partial charge is 0.416 e. The molecule has 2 aliphatic rings. The van der Waals surface area contributed by atoms with Gasteiger partial charge in [0.05, 0.1) is 5.56 Å². The van der Waals surface area contributed by atoms with Gasteiger partial charge in [0.2, 0.25) is 12.7 Å². The minimum absolute atomic E-state index is 0.0894. The largest absolute Gasteiger partial charge is 0.454 e. The number of alkyl halides is 3. The van der Waals surface area contributed by atoms with Gasteiger partial charge in [-0.3, -0.25) is 4.79 Å². The van der Waals surface area contributed by atoms with Gasteiger partial charge in [-0.2, -0.15) is 18.2 Å². The maximum atomic E-state index is 12.9. The van der Waals surface area contributed by atoms with Crippen molar-refractivity contribution in [2.24, 2.45) is 0 Å². The number of benzene rings is 2. The lowest BCUT2D eigenvalue weighted by molar-refractivity contribution is -0.137. The molecule has 1 atom stereocenters. The van der Waals surface area contributed by atoms with E-state index in [1.807, 2.05) is 0 Å². The van der Waals surface area contributed by atoms with E-state index in [9.17, 15) is 18.0 Å². The highest BCUT2D eigenvalue weighted by atomic mass is 19.4. The summed E-state index contributed by atoms with van der Waals surface area (Å²) in [6.07, 6.45) is -4.26. The molecular weight excluding hydrogens is 415 g/mol. The molecule has 1 amide bonds. The summed E-state index contributed by atoms with van der Waals surface area (Å²) in [6, 6.07) is 10.2. The summed E-state index contributed by atoms with van der Waals surface area (Å²) < 4.78 is 54.8. The normalized spacial score (nSPS) is 18.1. The summed E-state index contributed by atoms with van der Waals surface area (Å²) in [5.74, 6) is 1.42. The van der Waals surface area contributed by atoms with Gasteiger partial charge in [0.15, 0.2) is 17.3 Å². The number of ether oxygens (including phenoxy) is 2. The Morgan fingerprint density at radius 3 is 2.77 bits per heavy atom. The third-order valence-corrected chi connectivity index (χ3v) is 5.27. The molecule has 2 aliphatic heterocycles. The van der Waals surface area contributed by atoms with Gasteiger partial charge in [-0.05, 0) is 35.9 Å². The van der Waals surface area contributed by atoms with Gasteiger partial charge >= 0.3 is 6.18 Å². The van der Waals surface area contributed by atoms with Crippen LogP contribution in [0.4, 0.5) is 13.2 Å². The fourth-order valence-corrected chi connectivity index (χ4v) is 3.71. The average molecular weight is 431 g/mol. The number of carbonyl (C=O) groups excluding carboxylic acids is 1. The second kappa shape index (κ2) is 7.29. The van der Waals surface area contributed by atoms with Gasteiger partial charge < -0.3 is 18.9 Å². The average Bonchev–Trinajstić information content (AvgIpc) is 3.47. The molecule has 1 fully saturated rings. The number of fused-ring (bicyclic) bond motifs is 1. The standard InChI is InChI=1S/C21H16F3N3O4/c22-21(23,24)15-3-1-2-12(6-15)9-27-10-14(8-18(27)28)19-25-20(31-26-19)13-4-5-16-17(7-13)30-11-29-16/h1-7,14H,8-11H2. The van der Waals surface area contributed by atoms with Gasteiger partial charge in [0, 0.05) is 31.0 Å². The number of halogens is 3. The number of nitrogens with zero attached hydrogens (tertiary/aromatic N) is 3. The highest BCUT2D eigenvalue weighted by molar-refractivity contribution is 5.79. The molecule has 7 nitrogen and oxygen atoms in total. The lowest BCUT2D eigenvalue weighted by Gasteiger charge is -2.17. The molecule has 0 bridgehead atoms. The molecule has 160 valence electrons. The Balaban J connectivity index is 1.30. The van der Waals surface area contributed by atoms with E-state index in [-0.39, 0.29) is 37.5 Å². The quantitative estimate of drug-likeness (QED) is 0.622. The van der Waals surface area contributed by atoms with E-state index in [0.717, 1.165) is 12.1 Å². The maximum absolute atomic E-state index is 12.9. The van der Waals surface area contributed by atoms with Crippen molar-refractivity contribution in [3.63, 3.8) is 0 Å². The highest BCUT2D eigenvalue weighted by Crippen LogP contribution is 2.36. The molecule has 5 rings (SSSR count). The van der Waals surface area contributed by atoms with Crippen LogP contribution in [0.5, 0.6) is 11.5 Å². The van der Waals surface area contributed by atoms with E-state index in [2.05, 4.69) is 10.1 Å². The summed E-state index contributed by atoms with van der Waals surface area (Å²) in [5, 5.41) is 4.00. The number of likely N-dealkylation sites (tertiary alicyclic amines) is 1. The predicted molar refractivity (Wildman–Crippen MR) is 100 cm³/mol. The minimum Gasteiger partial charge on any atom is -0.454 e. The molecule has 0 saturated carbocycles. The van der Waals surface area contributed by atoms with Crippen molar-refractivity contribution in [3.05, 3.63) is 59.4 Å². The van der Waals surface area contributed by atoms with Crippen LogP contribution < -0.4 is 9.47 Å². The van der Waals surface area contributed by atoms with Crippen LogP contribution in [0.1, 0.15) is 29.3 Å². The molecule has 31 heavy (non-hydrogen) atoms. The second-order valence-electron chi connectivity index (χ2n) is 7.40. The lowest BCUT2D eigenvalue weighted by atomic mass is 10.1. The van der Waals surface area contributed by atoms with Gasteiger partial charge in [-0.1, -0.05) is 17.3 Å². The summed E-state index contributed by atoms with van der Waals surface area (Å²) in [7, 11) is 0. The first-order valence-corrected chi connectivity index (χ1v) is 9.54. The molecule has 1 unspecified atom stereocenters. The first kappa shape index (κ1) is 19.4. The molecule has 1 aromatic heterocycles. The molecule has 2 aromatic carbocycles. The Hall–Kier alpha value is -3.56. The zero-order valence-electron chi connectivity index (χ0n) is 16.1. The van der Waals surface area contributed by atoms with E-state index in [1.165, 1.54) is 11.0 Å². The van der Waals surface area contributed by atoms with Crippen molar-refractivity contribution < 1.29 is 32.0 Å². The van der Waals surface area contributed by atoms with Crippen LogP contribution in [0.15, 0.2) is 47.0 Å². The number of hydrogen-bond donors (Lipinski definition) is 0. The van der Waals surface area contributed by atoms with Crippen LogP contribution in [0.25, 0.3) is 11.5 Å². The van der Waals surface area contributed by atoms with E-state index in [4.69, 9.17) is 14.0 Å². The monoisotopic (exact) mass is 431 g/mol. The summed E-state index contributed by atoms with van der Waals surface area (Å²) in [5.41, 5.74) is 0.339.